The van der Waals surface area contributed by atoms with E-state index < -0.39 is 36.4 Å². The number of carbonyl (C=O) groups excluding carboxylic acids is 3. The van der Waals surface area contributed by atoms with Crippen LogP contribution in [0.25, 0.3) is 0 Å². The number of halogens is 1. The molecule has 1 atom stereocenters. The van der Waals surface area contributed by atoms with E-state index >= 15 is 0 Å². The first-order valence-electron chi connectivity index (χ1n) is 10.5. The maximum atomic E-state index is 12.9. The summed E-state index contributed by atoms with van der Waals surface area (Å²) in [6.07, 6.45) is 5.57. The molecule has 0 radical (unpaired) electrons. The molecule has 7 nitrogen and oxygen atoms in total. The third-order valence-corrected chi connectivity index (χ3v) is 6.50. The minimum atomic E-state index is -1.14. The Morgan fingerprint density at radius 1 is 1.07 bits per heavy atom. The zero-order valence-corrected chi connectivity index (χ0v) is 17.0. The van der Waals surface area contributed by atoms with Gasteiger partial charge in [0.05, 0.1) is 0 Å². The smallest absolute Gasteiger partial charge is 0.344 e. The van der Waals surface area contributed by atoms with Crippen molar-refractivity contribution in [3.63, 3.8) is 0 Å². The predicted octanol–water partition coefficient (Wildman–Crippen LogP) is 2.93. The van der Waals surface area contributed by atoms with Crippen LogP contribution in [0.15, 0.2) is 24.3 Å². The molecule has 3 amide bonds. The summed E-state index contributed by atoms with van der Waals surface area (Å²) in [6, 6.07) is 4.65. The van der Waals surface area contributed by atoms with Crippen molar-refractivity contribution in [2.24, 2.45) is 17.8 Å². The maximum Gasteiger partial charge on any atom is 0.344 e. The van der Waals surface area contributed by atoms with Gasteiger partial charge in [-0.2, -0.15) is 0 Å². The Hall–Kier alpha value is -2.64. The van der Waals surface area contributed by atoms with E-state index in [1.165, 1.54) is 50.5 Å². The lowest BCUT2D eigenvalue weighted by molar-refractivity contribution is -0.156. The molecule has 0 spiro atoms. The largest absolute Gasteiger partial charge is 0.482 e. The highest BCUT2D eigenvalue weighted by molar-refractivity contribution is 5.97. The van der Waals surface area contributed by atoms with E-state index in [0.29, 0.717) is 23.5 Å². The van der Waals surface area contributed by atoms with E-state index in [-0.39, 0.29) is 5.54 Å². The van der Waals surface area contributed by atoms with E-state index in [0.717, 1.165) is 19.3 Å². The lowest BCUT2D eigenvalue weighted by atomic mass is 9.53. The quantitative estimate of drug-likeness (QED) is 0.693. The van der Waals surface area contributed by atoms with Gasteiger partial charge in [-0.25, -0.2) is 14.0 Å². The van der Waals surface area contributed by atoms with Gasteiger partial charge in [0, 0.05) is 5.54 Å². The first-order valence-corrected chi connectivity index (χ1v) is 10.5. The summed E-state index contributed by atoms with van der Waals surface area (Å²) in [4.78, 5) is 36.6. The summed E-state index contributed by atoms with van der Waals surface area (Å²) >= 11 is 0. The molecule has 1 aromatic rings. The molecule has 5 rings (SSSR count). The van der Waals surface area contributed by atoms with Crippen LogP contribution in [0.1, 0.15) is 45.4 Å². The van der Waals surface area contributed by atoms with Crippen LogP contribution in [0.5, 0.6) is 5.75 Å². The van der Waals surface area contributed by atoms with Gasteiger partial charge in [0.25, 0.3) is 5.91 Å². The van der Waals surface area contributed by atoms with Crippen LogP contribution < -0.4 is 15.4 Å². The molecule has 0 saturated heterocycles. The van der Waals surface area contributed by atoms with Crippen molar-refractivity contribution in [3.05, 3.63) is 30.1 Å². The van der Waals surface area contributed by atoms with Crippen LogP contribution in [0.2, 0.25) is 0 Å². The summed E-state index contributed by atoms with van der Waals surface area (Å²) in [7, 11) is 0. The zero-order chi connectivity index (χ0) is 21.3. The molecule has 0 aromatic heterocycles. The van der Waals surface area contributed by atoms with E-state index in [1.54, 1.807) is 0 Å². The highest BCUT2D eigenvalue weighted by Gasteiger charge is 2.51. The average molecular weight is 418 g/mol. The van der Waals surface area contributed by atoms with Gasteiger partial charge in [-0.15, -0.1) is 0 Å². The van der Waals surface area contributed by atoms with Gasteiger partial charge in [0.2, 0.25) is 0 Å². The molecule has 2 N–H and O–H groups in total. The second-order valence-corrected chi connectivity index (χ2v) is 9.02. The molecule has 4 saturated carbocycles. The zero-order valence-electron chi connectivity index (χ0n) is 17.0. The number of carbonyl (C=O) groups is 3. The topological polar surface area (TPSA) is 93.7 Å². The molecule has 30 heavy (non-hydrogen) atoms. The molecular weight excluding hydrogens is 391 g/mol. The monoisotopic (exact) mass is 418 g/mol. The standard InChI is InChI=1S/C22H27FN2O5/c1-13(30-19(26)12-29-18-4-2-17(23)3-5-18)20(27)24-21(28)25-22-9-14-6-15(10-22)8-16(7-14)11-22/h2-5,13-16H,6-12H2,1H3,(H2,24,25,27,28)/t13-,14?,15?,16?,22?/m0/s1. The number of ether oxygens (including phenoxy) is 2. The minimum absolute atomic E-state index is 0.206. The number of urea groups is 1. The Kier molecular flexibility index (Phi) is 5.66. The maximum absolute atomic E-state index is 12.9. The molecule has 8 heteroatoms. The molecular formula is C22H27FN2O5. The van der Waals surface area contributed by atoms with Crippen LogP contribution in [-0.4, -0.2) is 36.2 Å². The highest BCUT2D eigenvalue weighted by Crippen LogP contribution is 2.55. The SMILES string of the molecule is C[C@H](OC(=O)COc1ccc(F)cc1)C(=O)NC(=O)NC12CC3CC(CC(C3)C1)C2. The number of rotatable bonds is 6. The summed E-state index contributed by atoms with van der Waals surface area (Å²) in [6.45, 7) is 0.964. The fourth-order valence-electron chi connectivity index (χ4n) is 5.71. The van der Waals surface area contributed by atoms with Crippen molar-refractivity contribution in [1.82, 2.24) is 10.6 Å². The van der Waals surface area contributed by atoms with Gasteiger partial charge in [-0.3, -0.25) is 10.1 Å². The van der Waals surface area contributed by atoms with Crippen molar-refractivity contribution in [2.45, 2.75) is 57.1 Å². The van der Waals surface area contributed by atoms with Gasteiger partial charge in [0.15, 0.2) is 12.7 Å². The van der Waals surface area contributed by atoms with E-state index in [1.807, 2.05) is 0 Å². The van der Waals surface area contributed by atoms with Crippen molar-refractivity contribution in [2.75, 3.05) is 6.61 Å². The number of hydrogen-bond donors (Lipinski definition) is 2. The van der Waals surface area contributed by atoms with Crippen LogP contribution in [-0.2, 0) is 14.3 Å². The molecule has 162 valence electrons. The lowest BCUT2D eigenvalue weighted by Crippen LogP contribution is -2.62. The Balaban J connectivity index is 1.21. The Morgan fingerprint density at radius 3 is 2.20 bits per heavy atom. The normalized spacial score (nSPS) is 29.7. The molecule has 0 heterocycles. The van der Waals surface area contributed by atoms with Crippen LogP contribution >= 0.6 is 0 Å². The van der Waals surface area contributed by atoms with E-state index in [4.69, 9.17) is 9.47 Å². The summed E-state index contributed by atoms with van der Waals surface area (Å²) in [5, 5.41) is 5.34. The van der Waals surface area contributed by atoms with E-state index in [9.17, 15) is 18.8 Å². The Labute approximate surface area is 174 Å². The Morgan fingerprint density at radius 2 is 1.63 bits per heavy atom. The van der Waals surface area contributed by atoms with Crippen LogP contribution in [0.4, 0.5) is 9.18 Å². The van der Waals surface area contributed by atoms with Crippen molar-refractivity contribution < 1.29 is 28.2 Å². The van der Waals surface area contributed by atoms with Gasteiger partial charge in [0.1, 0.15) is 11.6 Å². The van der Waals surface area contributed by atoms with Crippen LogP contribution in [0, 0.1) is 23.6 Å². The number of nitrogens with one attached hydrogen (secondary N) is 2. The molecule has 4 aliphatic rings. The molecule has 0 aliphatic heterocycles. The summed E-state index contributed by atoms with van der Waals surface area (Å²) in [5.41, 5.74) is -0.206. The van der Waals surface area contributed by atoms with Crippen LogP contribution in [0.3, 0.4) is 0 Å². The minimum Gasteiger partial charge on any atom is -0.482 e. The molecule has 1 aromatic carbocycles. The van der Waals surface area contributed by atoms with Crippen molar-refractivity contribution in [3.8, 4) is 5.75 Å². The highest BCUT2D eigenvalue weighted by atomic mass is 19.1. The fraction of sp³-hybridized carbons (Fsp3) is 0.591. The number of amides is 3. The predicted molar refractivity (Wildman–Crippen MR) is 105 cm³/mol. The summed E-state index contributed by atoms with van der Waals surface area (Å²) in [5.74, 6) is 0.466. The van der Waals surface area contributed by atoms with Gasteiger partial charge >= 0.3 is 12.0 Å². The molecule has 4 bridgehead atoms. The van der Waals surface area contributed by atoms with Crippen molar-refractivity contribution >= 4 is 17.9 Å². The van der Waals surface area contributed by atoms with Gasteiger partial charge < -0.3 is 14.8 Å². The molecule has 4 fully saturated rings. The first-order chi connectivity index (χ1) is 14.3. The fourth-order valence-corrected chi connectivity index (χ4v) is 5.71. The number of hydrogen-bond acceptors (Lipinski definition) is 5. The van der Waals surface area contributed by atoms with Gasteiger partial charge in [-0.05, 0) is 87.5 Å². The van der Waals surface area contributed by atoms with E-state index in [2.05, 4.69) is 10.6 Å². The lowest BCUT2D eigenvalue weighted by Gasteiger charge is -2.56. The number of benzene rings is 1. The number of esters is 1. The third-order valence-electron chi connectivity index (χ3n) is 6.50. The third kappa shape index (κ3) is 4.74. The molecule has 4 aliphatic carbocycles. The summed E-state index contributed by atoms with van der Waals surface area (Å²) < 4.78 is 23.1. The first kappa shape index (κ1) is 20.6. The second kappa shape index (κ2) is 8.24. The number of imide groups is 1. The van der Waals surface area contributed by atoms with Gasteiger partial charge in [-0.1, -0.05) is 0 Å². The molecule has 0 unspecified atom stereocenters. The average Bonchev–Trinajstić information content (AvgIpc) is 2.65. The Bertz CT molecular complexity index is 790. The van der Waals surface area contributed by atoms with Crippen molar-refractivity contribution in [1.29, 1.82) is 0 Å². The second-order valence-electron chi connectivity index (χ2n) is 9.02.